The summed E-state index contributed by atoms with van der Waals surface area (Å²) >= 11 is 17.7. The minimum absolute atomic E-state index is 0.368. The summed E-state index contributed by atoms with van der Waals surface area (Å²) in [7, 11) is 0. The van der Waals surface area contributed by atoms with Crippen molar-refractivity contribution in [3.63, 3.8) is 0 Å². The number of aromatic nitrogens is 1. The van der Waals surface area contributed by atoms with Crippen LogP contribution in [0.3, 0.4) is 0 Å². The molecule has 14 heavy (non-hydrogen) atoms. The van der Waals surface area contributed by atoms with Gasteiger partial charge in [-0.2, -0.15) is 0 Å². The van der Waals surface area contributed by atoms with Crippen molar-refractivity contribution in [1.29, 1.82) is 0 Å². The Labute approximate surface area is 96.6 Å². The van der Waals surface area contributed by atoms with Gasteiger partial charge in [-0.1, -0.05) is 65.1 Å². The molecular formula is C10H6Cl3N. The number of benzene rings is 1. The maximum atomic E-state index is 6.00. The predicted octanol–water partition coefficient (Wildman–Crippen LogP) is 4.64. The largest absolute Gasteiger partial charge is 0.343 e. The van der Waals surface area contributed by atoms with Gasteiger partial charge in [0.15, 0.2) is 0 Å². The molecular weight excluding hydrogens is 240 g/mol. The second kappa shape index (κ2) is 3.85. The lowest BCUT2D eigenvalue weighted by molar-refractivity contribution is 1.40. The van der Waals surface area contributed by atoms with Crippen LogP contribution in [0.1, 0.15) is 0 Å². The molecule has 0 saturated carbocycles. The third-order valence-corrected chi connectivity index (χ3v) is 3.13. The molecule has 0 bridgehead atoms. The number of nitrogens with one attached hydrogen (secondary N) is 1. The molecule has 0 spiro atoms. The number of halogens is 3. The number of rotatable bonds is 1. The molecule has 1 aromatic heterocycles. The Balaban J connectivity index is 2.58. The molecule has 2 aromatic rings. The maximum Gasteiger partial charge on any atom is 0.127 e. The van der Waals surface area contributed by atoms with E-state index in [0.29, 0.717) is 15.2 Å². The summed E-state index contributed by atoms with van der Waals surface area (Å²) in [6.45, 7) is 0. The summed E-state index contributed by atoms with van der Waals surface area (Å²) in [6, 6.07) is 9.65. The summed E-state index contributed by atoms with van der Waals surface area (Å²) < 4.78 is 0. The zero-order valence-electron chi connectivity index (χ0n) is 7.02. The van der Waals surface area contributed by atoms with E-state index in [4.69, 9.17) is 34.8 Å². The highest BCUT2D eigenvalue weighted by atomic mass is 35.5. The Hall–Kier alpha value is -0.630. The molecule has 0 aliphatic heterocycles. The van der Waals surface area contributed by atoms with Crippen LogP contribution in [-0.4, -0.2) is 4.98 Å². The second-order valence-electron chi connectivity index (χ2n) is 2.81. The highest BCUT2D eigenvalue weighted by Crippen LogP contribution is 2.37. The van der Waals surface area contributed by atoms with Crippen LogP contribution in [0.4, 0.5) is 0 Å². The summed E-state index contributed by atoms with van der Waals surface area (Å²) in [5, 5.41) is 1.20. The van der Waals surface area contributed by atoms with Crippen molar-refractivity contribution in [2.45, 2.75) is 0 Å². The highest BCUT2D eigenvalue weighted by Gasteiger charge is 2.13. The van der Waals surface area contributed by atoms with Crippen LogP contribution in [0.25, 0.3) is 11.3 Å². The van der Waals surface area contributed by atoms with Crippen LogP contribution < -0.4 is 0 Å². The maximum absolute atomic E-state index is 6.00. The molecule has 72 valence electrons. The lowest BCUT2D eigenvalue weighted by Gasteiger charge is -1.97. The SMILES string of the molecule is Clc1[nH]c(-c2ccccc2)c(Cl)c1Cl. The van der Waals surface area contributed by atoms with E-state index in [1.807, 2.05) is 30.3 Å². The highest BCUT2D eigenvalue weighted by molar-refractivity contribution is 6.49. The van der Waals surface area contributed by atoms with Crippen molar-refractivity contribution < 1.29 is 0 Å². The molecule has 1 nitrogen and oxygen atoms in total. The van der Waals surface area contributed by atoms with Gasteiger partial charge >= 0.3 is 0 Å². The second-order valence-corrected chi connectivity index (χ2v) is 3.94. The molecule has 1 heterocycles. The van der Waals surface area contributed by atoms with Gasteiger partial charge in [-0.15, -0.1) is 0 Å². The van der Waals surface area contributed by atoms with Gasteiger partial charge in [0.05, 0.1) is 15.7 Å². The van der Waals surface area contributed by atoms with E-state index in [1.54, 1.807) is 0 Å². The van der Waals surface area contributed by atoms with Crippen LogP contribution in [0.2, 0.25) is 15.2 Å². The molecule has 4 heteroatoms. The number of aromatic amines is 1. The van der Waals surface area contributed by atoms with Crippen molar-refractivity contribution in [3.8, 4) is 11.3 Å². The Morgan fingerprint density at radius 3 is 2.00 bits per heavy atom. The quantitative estimate of drug-likeness (QED) is 0.754. The van der Waals surface area contributed by atoms with E-state index in [-0.39, 0.29) is 0 Å². The topological polar surface area (TPSA) is 15.8 Å². The third-order valence-electron chi connectivity index (χ3n) is 1.90. The van der Waals surface area contributed by atoms with E-state index < -0.39 is 0 Å². The van der Waals surface area contributed by atoms with Crippen molar-refractivity contribution in [2.75, 3.05) is 0 Å². The fourth-order valence-electron chi connectivity index (χ4n) is 1.23. The first kappa shape index (κ1) is 9.91. The minimum Gasteiger partial charge on any atom is -0.343 e. The summed E-state index contributed by atoms with van der Waals surface area (Å²) in [5.74, 6) is 0. The van der Waals surface area contributed by atoms with E-state index in [1.165, 1.54) is 0 Å². The van der Waals surface area contributed by atoms with E-state index in [9.17, 15) is 0 Å². The molecule has 0 atom stereocenters. The lowest BCUT2D eigenvalue weighted by Crippen LogP contribution is -1.76. The zero-order valence-corrected chi connectivity index (χ0v) is 9.29. The summed E-state index contributed by atoms with van der Waals surface area (Å²) in [5.41, 5.74) is 1.72. The fourth-order valence-corrected chi connectivity index (χ4v) is 1.86. The number of hydrogen-bond donors (Lipinski definition) is 1. The zero-order chi connectivity index (χ0) is 10.1. The van der Waals surface area contributed by atoms with Crippen molar-refractivity contribution in [2.24, 2.45) is 0 Å². The molecule has 2 rings (SSSR count). The fraction of sp³-hybridized carbons (Fsp3) is 0. The molecule has 0 aliphatic carbocycles. The monoisotopic (exact) mass is 245 g/mol. The van der Waals surface area contributed by atoms with Gasteiger partial charge < -0.3 is 4.98 Å². The van der Waals surface area contributed by atoms with E-state index in [0.717, 1.165) is 11.3 Å². The van der Waals surface area contributed by atoms with Crippen molar-refractivity contribution in [3.05, 3.63) is 45.5 Å². The van der Waals surface area contributed by atoms with Crippen molar-refractivity contribution >= 4 is 34.8 Å². The first-order valence-electron chi connectivity index (χ1n) is 3.98. The van der Waals surface area contributed by atoms with Crippen LogP contribution in [0.15, 0.2) is 30.3 Å². The Bertz CT molecular complexity index is 448. The third kappa shape index (κ3) is 1.63. The van der Waals surface area contributed by atoms with E-state index >= 15 is 0 Å². The summed E-state index contributed by atoms with van der Waals surface area (Å²) in [6.07, 6.45) is 0. The molecule has 0 saturated heterocycles. The summed E-state index contributed by atoms with van der Waals surface area (Å²) in [4.78, 5) is 2.93. The van der Waals surface area contributed by atoms with Gasteiger partial charge in [-0.3, -0.25) is 0 Å². The molecule has 0 unspecified atom stereocenters. The first-order chi connectivity index (χ1) is 6.70. The van der Waals surface area contributed by atoms with Gasteiger partial charge in [-0.25, -0.2) is 0 Å². The van der Waals surface area contributed by atoms with Gasteiger partial charge in [0, 0.05) is 0 Å². The molecule has 1 N–H and O–H groups in total. The first-order valence-corrected chi connectivity index (χ1v) is 5.11. The van der Waals surface area contributed by atoms with Gasteiger partial charge in [0.1, 0.15) is 5.15 Å². The molecule has 0 fully saturated rings. The average Bonchev–Trinajstić information content (AvgIpc) is 2.47. The minimum atomic E-state index is 0.368. The van der Waals surface area contributed by atoms with Crippen LogP contribution in [-0.2, 0) is 0 Å². The molecule has 0 aliphatic rings. The van der Waals surface area contributed by atoms with Gasteiger partial charge in [0.25, 0.3) is 0 Å². The Morgan fingerprint density at radius 2 is 1.50 bits per heavy atom. The van der Waals surface area contributed by atoms with Crippen LogP contribution in [0, 0.1) is 0 Å². The van der Waals surface area contributed by atoms with Crippen LogP contribution in [0.5, 0.6) is 0 Å². The standard InChI is InChI=1S/C10H6Cl3N/c11-7-8(12)10(13)14-9(7)6-4-2-1-3-5-6/h1-5,14H. The molecule has 0 radical (unpaired) electrons. The Morgan fingerprint density at radius 1 is 0.857 bits per heavy atom. The van der Waals surface area contributed by atoms with Gasteiger partial charge in [-0.05, 0) is 5.56 Å². The number of hydrogen-bond acceptors (Lipinski definition) is 0. The smallest absolute Gasteiger partial charge is 0.127 e. The lowest BCUT2D eigenvalue weighted by atomic mass is 10.2. The predicted molar refractivity (Wildman–Crippen MR) is 61.3 cm³/mol. The van der Waals surface area contributed by atoms with Gasteiger partial charge in [0.2, 0.25) is 0 Å². The molecule has 1 aromatic carbocycles. The van der Waals surface area contributed by atoms with Crippen molar-refractivity contribution in [1.82, 2.24) is 4.98 Å². The Kier molecular flexibility index (Phi) is 2.73. The van der Waals surface area contributed by atoms with E-state index in [2.05, 4.69) is 4.98 Å². The normalized spacial score (nSPS) is 10.5. The molecule has 0 amide bonds. The average molecular weight is 247 g/mol. The number of H-pyrrole nitrogens is 1. The van der Waals surface area contributed by atoms with Crippen LogP contribution >= 0.6 is 34.8 Å².